The third-order valence-corrected chi connectivity index (χ3v) is 2.43. The number of rotatable bonds is 7. The van der Waals surface area contributed by atoms with Crippen molar-refractivity contribution in [3.8, 4) is 0 Å². The summed E-state index contributed by atoms with van der Waals surface area (Å²) in [5.74, 6) is -1.22. The zero-order chi connectivity index (χ0) is 13.5. The topological polar surface area (TPSA) is 75.4 Å². The van der Waals surface area contributed by atoms with Crippen LogP contribution in [0.25, 0.3) is 0 Å². The maximum absolute atomic E-state index is 12.3. The first kappa shape index (κ1) is 16.2. The second-order valence-corrected chi connectivity index (χ2v) is 4.09. The summed E-state index contributed by atoms with van der Waals surface area (Å²) in [6, 6.07) is 0. The average Bonchev–Trinajstić information content (AvgIpc) is 2.21. The minimum absolute atomic E-state index is 0.0985. The van der Waals surface area contributed by atoms with Crippen LogP contribution < -0.4 is 11.1 Å². The Bertz CT molecular complexity index is 242. The monoisotopic (exact) mass is 256 g/mol. The van der Waals surface area contributed by atoms with Gasteiger partial charge in [0.1, 0.15) is 0 Å². The highest BCUT2D eigenvalue weighted by atomic mass is 19.4. The number of alkyl halides is 3. The maximum Gasteiger partial charge on any atom is 0.415 e. The van der Waals surface area contributed by atoms with E-state index in [1.54, 1.807) is 0 Å². The Balaban J connectivity index is 3.87. The van der Waals surface area contributed by atoms with Crippen molar-refractivity contribution >= 4 is 5.91 Å². The number of carbonyl (C=O) groups excluding carboxylic acids is 1. The molecule has 0 aliphatic rings. The highest BCUT2D eigenvalue weighted by Gasteiger charge is 2.53. The summed E-state index contributed by atoms with van der Waals surface area (Å²) < 4.78 is 37.0. The fourth-order valence-corrected chi connectivity index (χ4v) is 1.10. The van der Waals surface area contributed by atoms with Gasteiger partial charge in [-0.25, -0.2) is 0 Å². The molecule has 0 bridgehead atoms. The van der Waals surface area contributed by atoms with Gasteiger partial charge in [0.05, 0.1) is 0 Å². The number of aliphatic hydroxyl groups excluding tert-OH is 1. The molecule has 0 aromatic rings. The molecule has 0 saturated heterocycles. The van der Waals surface area contributed by atoms with Crippen molar-refractivity contribution in [3.05, 3.63) is 0 Å². The van der Waals surface area contributed by atoms with Crippen molar-refractivity contribution in [2.45, 2.75) is 44.3 Å². The Morgan fingerprint density at radius 2 is 1.76 bits per heavy atom. The number of nitrogens with one attached hydrogen (secondary N) is 1. The Kier molecular flexibility index (Phi) is 6.48. The molecule has 0 saturated carbocycles. The molecule has 0 aliphatic heterocycles. The highest BCUT2D eigenvalue weighted by Crippen LogP contribution is 2.27. The molecule has 0 rings (SSSR count). The van der Waals surface area contributed by atoms with Gasteiger partial charge in [0.2, 0.25) is 5.91 Å². The van der Waals surface area contributed by atoms with Crippen LogP contribution in [-0.2, 0) is 4.79 Å². The smallest absolute Gasteiger partial charge is 0.396 e. The van der Waals surface area contributed by atoms with E-state index < -0.39 is 17.6 Å². The molecule has 102 valence electrons. The second kappa shape index (κ2) is 6.80. The lowest BCUT2D eigenvalue weighted by Crippen LogP contribution is -2.61. The Hall–Kier alpha value is -0.820. The van der Waals surface area contributed by atoms with Crippen LogP contribution in [0, 0.1) is 0 Å². The normalized spacial score (nSPS) is 15.4. The van der Waals surface area contributed by atoms with Crippen LogP contribution in [0.2, 0.25) is 0 Å². The number of unbranched alkanes of at least 4 members (excludes halogenated alkanes) is 3. The van der Waals surface area contributed by atoms with Gasteiger partial charge in [-0.05, 0) is 19.8 Å². The van der Waals surface area contributed by atoms with E-state index >= 15 is 0 Å². The van der Waals surface area contributed by atoms with E-state index in [4.69, 9.17) is 10.8 Å². The summed E-state index contributed by atoms with van der Waals surface area (Å²) in [4.78, 5) is 11.2. The minimum Gasteiger partial charge on any atom is -0.396 e. The summed E-state index contributed by atoms with van der Waals surface area (Å²) in [5, 5.41) is 10.7. The van der Waals surface area contributed by atoms with Gasteiger partial charge in [-0.3, -0.25) is 4.79 Å². The lowest BCUT2D eigenvalue weighted by molar-refractivity contribution is -0.187. The van der Waals surface area contributed by atoms with Gasteiger partial charge in [-0.2, -0.15) is 13.2 Å². The number of hydrogen-bond donors (Lipinski definition) is 3. The molecule has 0 aromatic carbocycles. The van der Waals surface area contributed by atoms with Gasteiger partial charge in [-0.1, -0.05) is 12.8 Å². The van der Waals surface area contributed by atoms with Gasteiger partial charge in [0.15, 0.2) is 5.54 Å². The zero-order valence-electron chi connectivity index (χ0n) is 9.81. The fraction of sp³-hybridized carbons (Fsp3) is 0.900. The number of halogens is 3. The van der Waals surface area contributed by atoms with Crippen LogP contribution in [0.5, 0.6) is 0 Å². The lowest BCUT2D eigenvalue weighted by atomic mass is 10.0. The molecule has 1 amide bonds. The van der Waals surface area contributed by atoms with Crippen LogP contribution in [-0.4, -0.2) is 35.9 Å². The SMILES string of the molecule is CC(N)(C(=O)NCCCCCCO)C(F)(F)F. The van der Waals surface area contributed by atoms with Gasteiger partial charge in [0, 0.05) is 13.2 Å². The summed E-state index contributed by atoms with van der Waals surface area (Å²) in [5.41, 5.74) is 2.08. The number of amides is 1. The van der Waals surface area contributed by atoms with Gasteiger partial charge >= 0.3 is 6.18 Å². The van der Waals surface area contributed by atoms with Crippen molar-refractivity contribution in [2.75, 3.05) is 13.2 Å². The predicted octanol–water partition coefficient (Wildman–Crippen LogP) is 0.935. The highest BCUT2D eigenvalue weighted by molar-refractivity contribution is 5.86. The van der Waals surface area contributed by atoms with E-state index in [2.05, 4.69) is 5.32 Å². The average molecular weight is 256 g/mol. The van der Waals surface area contributed by atoms with E-state index in [0.29, 0.717) is 19.8 Å². The van der Waals surface area contributed by atoms with Crippen LogP contribution in [0.3, 0.4) is 0 Å². The van der Waals surface area contributed by atoms with Gasteiger partial charge < -0.3 is 16.2 Å². The largest absolute Gasteiger partial charge is 0.415 e. The van der Waals surface area contributed by atoms with Crippen LogP contribution in [0.4, 0.5) is 13.2 Å². The summed E-state index contributed by atoms with van der Waals surface area (Å²) >= 11 is 0. The minimum atomic E-state index is -4.76. The second-order valence-electron chi connectivity index (χ2n) is 4.09. The molecule has 1 atom stereocenters. The molecule has 0 spiro atoms. The predicted molar refractivity (Wildman–Crippen MR) is 57.2 cm³/mol. The Morgan fingerprint density at radius 3 is 2.24 bits per heavy atom. The van der Waals surface area contributed by atoms with E-state index in [1.165, 1.54) is 0 Å². The first-order valence-corrected chi connectivity index (χ1v) is 5.48. The van der Waals surface area contributed by atoms with Crippen LogP contribution >= 0.6 is 0 Å². The number of hydrogen-bond acceptors (Lipinski definition) is 3. The summed E-state index contributed by atoms with van der Waals surface area (Å²) in [7, 11) is 0. The molecule has 4 nitrogen and oxygen atoms in total. The van der Waals surface area contributed by atoms with Crippen LogP contribution in [0.1, 0.15) is 32.6 Å². The van der Waals surface area contributed by atoms with E-state index in [1.807, 2.05) is 0 Å². The summed E-state index contributed by atoms with van der Waals surface area (Å²) in [6.07, 6.45) is -2.00. The molecular weight excluding hydrogens is 237 g/mol. The molecule has 0 fully saturated rings. The first-order valence-electron chi connectivity index (χ1n) is 5.48. The molecule has 0 radical (unpaired) electrons. The third kappa shape index (κ3) is 5.36. The van der Waals surface area contributed by atoms with Crippen molar-refractivity contribution in [2.24, 2.45) is 5.73 Å². The third-order valence-electron chi connectivity index (χ3n) is 2.43. The number of nitrogens with two attached hydrogens (primary N) is 1. The lowest BCUT2D eigenvalue weighted by Gasteiger charge is -2.26. The van der Waals surface area contributed by atoms with Crippen molar-refractivity contribution in [1.29, 1.82) is 0 Å². The molecule has 0 aliphatic carbocycles. The quantitative estimate of drug-likeness (QED) is 0.593. The van der Waals surface area contributed by atoms with Crippen molar-refractivity contribution < 1.29 is 23.1 Å². The number of carbonyl (C=O) groups is 1. The van der Waals surface area contributed by atoms with Gasteiger partial charge in [-0.15, -0.1) is 0 Å². The molecule has 1 unspecified atom stereocenters. The Labute approximate surface area is 98.4 Å². The van der Waals surface area contributed by atoms with Crippen molar-refractivity contribution in [1.82, 2.24) is 5.32 Å². The first-order chi connectivity index (χ1) is 7.73. The standard InChI is InChI=1S/C10H19F3N2O2/c1-9(14,10(11,12)13)8(17)15-6-4-2-3-5-7-16/h16H,2-7,14H2,1H3,(H,15,17). The van der Waals surface area contributed by atoms with E-state index in [9.17, 15) is 18.0 Å². The molecule has 0 heterocycles. The Morgan fingerprint density at radius 1 is 1.24 bits per heavy atom. The molecule has 7 heteroatoms. The van der Waals surface area contributed by atoms with Crippen molar-refractivity contribution in [3.63, 3.8) is 0 Å². The van der Waals surface area contributed by atoms with E-state index in [-0.39, 0.29) is 13.2 Å². The molecular formula is C10H19F3N2O2. The van der Waals surface area contributed by atoms with Gasteiger partial charge in [0.25, 0.3) is 0 Å². The molecule has 0 aromatic heterocycles. The fourth-order valence-electron chi connectivity index (χ4n) is 1.10. The molecule has 17 heavy (non-hydrogen) atoms. The maximum atomic E-state index is 12.3. The van der Waals surface area contributed by atoms with E-state index in [0.717, 1.165) is 12.8 Å². The zero-order valence-corrected chi connectivity index (χ0v) is 9.81. The molecule has 4 N–H and O–H groups in total. The van der Waals surface area contributed by atoms with Crippen LogP contribution in [0.15, 0.2) is 0 Å². The summed E-state index contributed by atoms with van der Waals surface area (Å²) in [6.45, 7) is 0.905. The number of aliphatic hydroxyl groups is 1.